The summed E-state index contributed by atoms with van der Waals surface area (Å²) in [4.78, 5) is 33.3. The van der Waals surface area contributed by atoms with E-state index in [0.29, 0.717) is 0 Å². The topological polar surface area (TPSA) is 95.7 Å². The number of nitro groups is 1. The first-order chi connectivity index (χ1) is 9.01. The number of hydrogen-bond acceptors (Lipinski definition) is 6. The van der Waals surface area contributed by atoms with Gasteiger partial charge in [-0.3, -0.25) is 19.7 Å². The van der Waals surface area contributed by atoms with Crippen LogP contribution in [0.4, 0.5) is 5.69 Å². The lowest BCUT2D eigenvalue weighted by molar-refractivity contribution is -0.384. The van der Waals surface area contributed by atoms with Crippen LogP contribution in [0, 0.1) is 10.1 Å². The zero-order valence-corrected chi connectivity index (χ0v) is 10.5. The van der Waals surface area contributed by atoms with Gasteiger partial charge in [0.05, 0.1) is 18.6 Å². The fourth-order valence-corrected chi connectivity index (χ4v) is 1.50. The predicted molar refractivity (Wildman–Crippen MR) is 64.5 cm³/mol. The summed E-state index contributed by atoms with van der Waals surface area (Å²) in [6.45, 7) is 1.74. The molecule has 0 spiro atoms. The average molecular weight is 267 g/mol. The first-order valence-electron chi connectivity index (χ1n) is 5.50. The molecule has 102 valence electrons. The van der Waals surface area contributed by atoms with Crippen LogP contribution in [0.15, 0.2) is 24.3 Å². The minimum absolute atomic E-state index is 0.124. The van der Waals surface area contributed by atoms with Gasteiger partial charge in [0.1, 0.15) is 0 Å². The number of non-ortho nitro benzene ring substituents is 1. The zero-order valence-electron chi connectivity index (χ0n) is 10.5. The molecule has 0 aliphatic rings. The summed E-state index contributed by atoms with van der Waals surface area (Å²) in [6.07, 6.45) is 0. The molecule has 7 nitrogen and oxygen atoms in total. The second-order valence-electron chi connectivity index (χ2n) is 3.56. The Morgan fingerprint density at radius 1 is 1.26 bits per heavy atom. The lowest BCUT2D eigenvalue weighted by atomic mass is 9.99. The quantitative estimate of drug-likeness (QED) is 0.346. The number of hydrogen-bond donors (Lipinski definition) is 0. The van der Waals surface area contributed by atoms with Crippen LogP contribution in [-0.4, -0.2) is 30.6 Å². The molecule has 0 aliphatic carbocycles. The second-order valence-corrected chi connectivity index (χ2v) is 3.56. The second kappa shape index (κ2) is 6.48. The monoisotopic (exact) mass is 267 g/mol. The normalized spacial score (nSPS) is 11.5. The Morgan fingerprint density at radius 3 is 2.26 bits per heavy atom. The molecule has 0 bridgehead atoms. The van der Waals surface area contributed by atoms with Gasteiger partial charge in [0.25, 0.3) is 5.69 Å². The van der Waals surface area contributed by atoms with Crippen molar-refractivity contribution in [2.24, 2.45) is 0 Å². The Morgan fingerprint density at radius 2 is 1.84 bits per heavy atom. The van der Waals surface area contributed by atoms with E-state index in [0.717, 1.165) is 7.11 Å². The molecule has 0 radical (unpaired) electrons. The number of ether oxygens (including phenoxy) is 2. The summed E-state index contributed by atoms with van der Waals surface area (Å²) in [5.74, 6) is -2.75. The number of nitrogens with zero attached hydrogens (tertiary/aromatic N) is 1. The van der Waals surface area contributed by atoms with E-state index in [-0.39, 0.29) is 17.9 Å². The van der Waals surface area contributed by atoms with E-state index in [2.05, 4.69) is 4.74 Å². The molecule has 1 rings (SSSR count). The SMILES string of the molecule is CCOC(=O)C(C(=O)OC)c1ccc([N+](=O)[O-])cc1. The van der Waals surface area contributed by atoms with Crippen molar-refractivity contribution in [3.05, 3.63) is 39.9 Å². The van der Waals surface area contributed by atoms with Gasteiger partial charge < -0.3 is 9.47 Å². The highest BCUT2D eigenvalue weighted by Gasteiger charge is 2.31. The van der Waals surface area contributed by atoms with Gasteiger partial charge in [-0.05, 0) is 12.5 Å². The number of nitro benzene ring substituents is 1. The first kappa shape index (κ1) is 14.6. The van der Waals surface area contributed by atoms with Gasteiger partial charge in [0.15, 0.2) is 5.92 Å². The molecule has 19 heavy (non-hydrogen) atoms. The molecule has 0 aliphatic heterocycles. The predicted octanol–water partition coefficient (Wildman–Crippen LogP) is 1.41. The minimum atomic E-state index is -1.23. The number of benzene rings is 1. The van der Waals surface area contributed by atoms with E-state index in [4.69, 9.17) is 4.74 Å². The van der Waals surface area contributed by atoms with Crippen LogP contribution in [0.1, 0.15) is 18.4 Å². The molecule has 0 heterocycles. The third-order valence-corrected chi connectivity index (χ3v) is 2.40. The Kier molecular flexibility index (Phi) is 4.99. The Labute approximate surface area is 109 Å². The highest BCUT2D eigenvalue weighted by atomic mass is 16.6. The summed E-state index contributed by atoms with van der Waals surface area (Å²) < 4.78 is 9.32. The van der Waals surface area contributed by atoms with Crippen LogP contribution in [0.25, 0.3) is 0 Å². The third kappa shape index (κ3) is 3.51. The molecule has 1 aromatic rings. The lowest BCUT2D eigenvalue weighted by Crippen LogP contribution is -2.25. The van der Waals surface area contributed by atoms with Crippen molar-refractivity contribution in [1.29, 1.82) is 0 Å². The van der Waals surface area contributed by atoms with Crippen molar-refractivity contribution < 1.29 is 24.0 Å². The number of rotatable bonds is 5. The van der Waals surface area contributed by atoms with Crippen LogP contribution in [0.5, 0.6) is 0 Å². The van der Waals surface area contributed by atoms with E-state index in [1.807, 2.05) is 0 Å². The largest absolute Gasteiger partial charge is 0.468 e. The Bertz CT molecular complexity index is 481. The molecular formula is C12H13NO6. The summed E-state index contributed by atoms with van der Waals surface area (Å²) >= 11 is 0. The number of carbonyl (C=O) groups is 2. The highest BCUT2D eigenvalue weighted by Crippen LogP contribution is 2.22. The Balaban J connectivity index is 3.07. The van der Waals surface area contributed by atoms with E-state index in [1.54, 1.807) is 6.92 Å². The summed E-state index contributed by atoms with van der Waals surface area (Å²) in [7, 11) is 1.15. The van der Waals surface area contributed by atoms with Gasteiger partial charge in [-0.25, -0.2) is 0 Å². The van der Waals surface area contributed by atoms with E-state index < -0.39 is 22.8 Å². The molecule has 0 saturated heterocycles. The highest BCUT2D eigenvalue weighted by molar-refractivity contribution is 6.00. The van der Waals surface area contributed by atoms with Crippen molar-refractivity contribution in [3.8, 4) is 0 Å². The molecule has 1 unspecified atom stereocenters. The zero-order chi connectivity index (χ0) is 14.4. The molecular weight excluding hydrogens is 254 g/mol. The maximum absolute atomic E-state index is 11.7. The summed E-state index contributed by atoms with van der Waals surface area (Å²) in [5, 5.41) is 10.5. The summed E-state index contributed by atoms with van der Waals surface area (Å²) in [6, 6.07) is 5.09. The van der Waals surface area contributed by atoms with Gasteiger partial charge in [0.2, 0.25) is 0 Å². The van der Waals surface area contributed by atoms with Crippen molar-refractivity contribution >= 4 is 17.6 Å². The summed E-state index contributed by atoms with van der Waals surface area (Å²) in [5.41, 5.74) is 0.159. The minimum Gasteiger partial charge on any atom is -0.468 e. The average Bonchev–Trinajstić information content (AvgIpc) is 2.39. The van der Waals surface area contributed by atoms with Gasteiger partial charge in [0, 0.05) is 12.1 Å². The first-order valence-corrected chi connectivity index (χ1v) is 5.50. The molecule has 0 fully saturated rings. The molecule has 7 heteroatoms. The van der Waals surface area contributed by atoms with E-state index in [1.165, 1.54) is 24.3 Å². The smallest absolute Gasteiger partial charge is 0.324 e. The maximum atomic E-state index is 11.7. The van der Waals surface area contributed by atoms with Crippen LogP contribution >= 0.6 is 0 Å². The van der Waals surface area contributed by atoms with Crippen LogP contribution < -0.4 is 0 Å². The van der Waals surface area contributed by atoms with Gasteiger partial charge in [-0.2, -0.15) is 0 Å². The van der Waals surface area contributed by atoms with Crippen LogP contribution in [0.3, 0.4) is 0 Å². The van der Waals surface area contributed by atoms with Crippen molar-refractivity contribution in [2.45, 2.75) is 12.8 Å². The van der Waals surface area contributed by atoms with E-state index in [9.17, 15) is 19.7 Å². The Hall–Kier alpha value is -2.44. The van der Waals surface area contributed by atoms with Crippen LogP contribution in [0.2, 0.25) is 0 Å². The fourth-order valence-electron chi connectivity index (χ4n) is 1.50. The number of esters is 2. The van der Waals surface area contributed by atoms with Crippen molar-refractivity contribution in [1.82, 2.24) is 0 Å². The molecule has 0 N–H and O–H groups in total. The van der Waals surface area contributed by atoms with Crippen LogP contribution in [-0.2, 0) is 19.1 Å². The maximum Gasteiger partial charge on any atom is 0.324 e. The van der Waals surface area contributed by atoms with Gasteiger partial charge >= 0.3 is 11.9 Å². The number of methoxy groups -OCH3 is 1. The van der Waals surface area contributed by atoms with Crippen molar-refractivity contribution in [3.63, 3.8) is 0 Å². The fraction of sp³-hybridized carbons (Fsp3) is 0.333. The van der Waals surface area contributed by atoms with E-state index >= 15 is 0 Å². The van der Waals surface area contributed by atoms with Crippen molar-refractivity contribution in [2.75, 3.05) is 13.7 Å². The molecule has 1 aromatic carbocycles. The standard InChI is InChI=1S/C12H13NO6/c1-3-19-12(15)10(11(14)18-2)8-4-6-9(7-5-8)13(16)17/h4-7,10H,3H2,1-2H3. The van der Waals surface area contributed by atoms with Gasteiger partial charge in [-0.1, -0.05) is 12.1 Å². The third-order valence-electron chi connectivity index (χ3n) is 2.40. The molecule has 0 amide bonds. The molecule has 1 atom stereocenters. The van der Waals surface area contributed by atoms with Gasteiger partial charge in [-0.15, -0.1) is 0 Å². The lowest BCUT2D eigenvalue weighted by Gasteiger charge is -2.13. The molecule has 0 saturated carbocycles. The molecule has 0 aromatic heterocycles. The number of carbonyl (C=O) groups excluding carboxylic acids is 2.